The summed E-state index contributed by atoms with van der Waals surface area (Å²) in [4.78, 5) is 4.32. The highest BCUT2D eigenvalue weighted by Gasteiger charge is 2.06. The van der Waals surface area contributed by atoms with Gasteiger partial charge in [0.05, 0.1) is 0 Å². The molecule has 3 nitrogen and oxygen atoms in total. The van der Waals surface area contributed by atoms with Crippen molar-refractivity contribution in [2.45, 2.75) is 6.92 Å². The highest BCUT2D eigenvalue weighted by molar-refractivity contribution is 7.80. The summed E-state index contributed by atoms with van der Waals surface area (Å²) in [5, 5.41) is 0. The van der Waals surface area contributed by atoms with Crippen LogP contribution in [0.25, 0.3) is 0 Å². The fourth-order valence-corrected chi connectivity index (χ4v) is 1.52. The predicted octanol–water partition coefficient (Wildman–Crippen LogP) is 2.96. The maximum Gasteiger partial charge on any atom is 0.219 e. The second kappa shape index (κ2) is 5.10. The zero-order valence-corrected chi connectivity index (χ0v) is 10.5. The van der Waals surface area contributed by atoms with Gasteiger partial charge >= 0.3 is 0 Å². The Balaban J connectivity index is 2.31. The molecule has 0 saturated heterocycles. The first-order chi connectivity index (χ1) is 8.56. The Morgan fingerprint density at radius 2 is 2.11 bits per heavy atom. The number of thiocarbonyl (C=S) groups is 1. The first-order valence-electron chi connectivity index (χ1n) is 5.27. The molecule has 2 N–H and O–H groups in total. The molecule has 0 aliphatic rings. The molecular weight excluding hydrogens is 251 g/mol. The molecule has 0 fully saturated rings. The van der Waals surface area contributed by atoms with Gasteiger partial charge in [-0.2, -0.15) is 0 Å². The van der Waals surface area contributed by atoms with Crippen LogP contribution in [-0.2, 0) is 0 Å². The van der Waals surface area contributed by atoms with Crippen LogP contribution < -0.4 is 10.5 Å². The Morgan fingerprint density at radius 1 is 1.33 bits per heavy atom. The minimum Gasteiger partial charge on any atom is -0.439 e. The lowest BCUT2D eigenvalue weighted by Gasteiger charge is -2.08. The van der Waals surface area contributed by atoms with Crippen molar-refractivity contribution in [3.63, 3.8) is 0 Å². The molecular formula is C13H11FN2OS. The molecule has 1 aromatic heterocycles. The Morgan fingerprint density at radius 3 is 2.83 bits per heavy atom. The first-order valence-corrected chi connectivity index (χ1v) is 5.68. The van der Waals surface area contributed by atoms with E-state index in [1.165, 1.54) is 12.1 Å². The van der Waals surface area contributed by atoms with E-state index in [-0.39, 0.29) is 10.8 Å². The van der Waals surface area contributed by atoms with Crippen LogP contribution >= 0.6 is 12.2 Å². The minimum atomic E-state index is -0.360. The van der Waals surface area contributed by atoms with Gasteiger partial charge < -0.3 is 10.5 Å². The van der Waals surface area contributed by atoms with Crippen LogP contribution in [0.15, 0.2) is 36.4 Å². The van der Waals surface area contributed by atoms with Crippen LogP contribution in [-0.4, -0.2) is 9.97 Å². The number of aromatic nitrogens is 1. The highest BCUT2D eigenvalue weighted by Crippen LogP contribution is 2.24. The zero-order chi connectivity index (χ0) is 13.1. The molecule has 92 valence electrons. The molecule has 0 saturated carbocycles. The quantitative estimate of drug-likeness (QED) is 0.864. The van der Waals surface area contributed by atoms with E-state index in [4.69, 9.17) is 22.7 Å². The van der Waals surface area contributed by atoms with Gasteiger partial charge in [-0.05, 0) is 24.6 Å². The third-order valence-corrected chi connectivity index (χ3v) is 2.55. The van der Waals surface area contributed by atoms with Gasteiger partial charge in [0.1, 0.15) is 22.2 Å². The lowest BCUT2D eigenvalue weighted by atomic mass is 10.2. The summed E-state index contributed by atoms with van der Waals surface area (Å²) in [5.74, 6) is 0.387. The third kappa shape index (κ3) is 2.81. The SMILES string of the molecule is Cc1ccc(F)cc1Oc1cccc(C(N)=S)n1. The fourth-order valence-electron chi connectivity index (χ4n) is 1.41. The lowest BCUT2D eigenvalue weighted by molar-refractivity contribution is 0.454. The molecule has 0 aliphatic heterocycles. The lowest BCUT2D eigenvalue weighted by Crippen LogP contribution is -2.11. The molecule has 0 spiro atoms. The van der Waals surface area contributed by atoms with Crippen molar-refractivity contribution in [2.75, 3.05) is 0 Å². The Labute approximate surface area is 109 Å². The molecule has 0 bridgehead atoms. The molecule has 0 amide bonds. The summed E-state index contributed by atoms with van der Waals surface area (Å²) < 4.78 is 18.6. The molecule has 0 atom stereocenters. The fraction of sp³-hybridized carbons (Fsp3) is 0.0769. The van der Waals surface area contributed by atoms with E-state index in [0.29, 0.717) is 17.3 Å². The van der Waals surface area contributed by atoms with E-state index < -0.39 is 0 Å². The van der Waals surface area contributed by atoms with Crippen molar-refractivity contribution in [1.82, 2.24) is 4.98 Å². The number of aryl methyl sites for hydroxylation is 1. The van der Waals surface area contributed by atoms with E-state index in [2.05, 4.69) is 4.98 Å². The summed E-state index contributed by atoms with van der Waals surface area (Å²) in [6.07, 6.45) is 0. The van der Waals surface area contributed by atoms with Gasteiger partial charge in [-0.25, -0.2) is 9.37 Å². The molecule has 1 aromatic carbocycles. The molecule has 2 aromatic rings. The molecule has 5 heteroatoms. The molecule has 0 unspecified atom stereocenters. The van der Waals surface area contributed by atoms with Crippen molar-refractivity contribution >= 4 is 17.2 Å². The Hall–Kier alpha value is -2.01. The van der Waals surface area contributed by atoms with Crippen LogP contribution in [0.1, 0.15) is 11.3 Å². The monoisotopic (exact) mass is 262 g/mol. The normalized spacial score (nSPS) is 10.1. The van der Waals surface area contributed by atoms with Crippen LogP contribution in [0.2, 0.25) is 0 Å². The standard InChI is InChI=1S/C13H11FN2OS/c1-8-5-6-9(14)7-11(8)17-12-4-2-3-10(16-12)13(15)18/h2-7H,1H3,(H2,15,18). The van der Waals surface area contributed by atoms with Gasteiger partial charge in [0.15, 0.2) is 0 Å². The number of rotatable bonds is 3. The van der Waals surface area contributed by atoms with Gasteiger partial charge in [-0.15, -0.1) is 0 Å². The van der Waals surface area contributed by atoms with E-state index >= 15 is 0 Å². The summed E-state index contributed by atoms with van der Waals surface area (Å²) in [6.45, 7) is 1.83. The van der Waals surface area contributed by atoms with Crippen molar-refractivity contribution in [2.24, 2.45) is 5.73 Å². The highest BCUT2D eigenvalue weighted by atomic mass is 32.1. The average molecular weight is 262 g/mol. The number of nitrogens with zero attached hydrogens (tertiary/aromatic N) is 1. The van der Waals surface area contributed by atoms with Gasteiger partial charge in [0.25, 0.3) is 0 Å². The molecule has 1 heterocycles. The second-order valence-corrected chi connectivity index (χ2v) is 4.18. The van der Waals surface area contributed by atoms with Crippen molar-refractivity contribution in [3.8, 4) is 11.6 Å². The van der Waals surface area contributed by atoms with Crippen molar-refractivity contribution in [1.29, 1.82) is 0 Å². The zero-order valence-electron chi connectivity index (χ0n) is 9.68. The topological polar surface area (TPSA) is 48.1 Å². The van der Waals surface area contributed by atoms with Crippen LogP contribution in [0, 0.1) is 12.7 Å². The molecule has 2 rings (SSSR count). The maximum atomic E-state index is 13.1. The van der Waals surface area contributed by atoms with E-state index in [1.54, 1.807) is 24.3 Å². The number of pyridine rings is 1. The third-order valence-electron chi connectivity index (χ3n) is 2.34. The molecule has 0 aliphatic carbocycles. The average Bonchev–Trinajstić information content (AvgIpc) is 2.34. The maximum absolute atomic E-state index is 13.1. The largest absolute Gasteiger partial charge is 0.439 e. The van der Waals surface area contributed by atoms with E-state index in [1.807, 2.05) is 6.92 Å². The van der Waals surface area contributed by atoms with Gasteiger partial charge in [-0.1, -0.05) is 24.4 Å². The second-order valence-electron chi connectivity index (χ2n) is 3.74. The number of hydrogen-bond acceptors (Lipinski definition) is 3. The number of nitrogens with two attached hydrogens (primary N) is 1. The van der Waals surface area contributed by atoms with Gasteiger partial charge in [0.2, 0.25) is 5.88 Å². The summed E-state index contributed by atoms with van der Waals surface area (Å²) in [7, 11) is 0. The van der Waals surface area contributed by atoms with Crippen molar-refractivity contribution < 1.29 is 9.13 Å². The van der Waals surface area contributed by atoms with Gasteiger partial charge in [-0.3, -0.25) is 0 Å². The number of ether oxygens (including phenoxy) is 1. The Bertz CT molecular complexity index is 601. The van der Waals surface area contributed by atoms with E-state index in [0.717, 1.165) is 5.56 Å². The number of halogens is 1. The van der Waals surface area contributed by atoms with Crippen LogP contribution in [0.4, 0.5) is 4.39 Å². The molecule has 0 radical (unpaired) electrons. The predicted molar refractivity (Wildman–Crippen MR) is 71.3 cm³/mol. The summed E-state index contributed by atoms with van der Waals surface area (Å²) in [5.41, 5.74) is 6.77. The van der Waals surface area contributed by atoms with E-state index in [9.17, 15) is 4.39 Å². The smallest absolute Gasteiger partial charge is 0.219 e. The first kappa shape index (κ1) is 12.4. The molecule has 18 heavy (non-hydrogen) atoms. The van der Waals surface area contributed by atoms with Crippen LogP contribution in [0.3, 0.4) is 0 Å². The number of benzene rings is 1. The Kier molecular flexibility index (Phi) is 3.53. The number of hydrogen-bond donors (Lipinski definition) is 1. The summed E-state index contributed by atoms with van der Waals surface area (Å²) in [6, 6.07) is 9.40. The van der Waals surface area contributed by atoms with Gasteiger partial charge in [0, 0.05) is 12.1 Å². The van der Waals surface area contributed by atoms with Crippen LogP contribution in [0.5, 0.6) is 11.6 Å². The summed E-state index contributed by atoms with van der Waals surface area (Å²) >= 11 is 4.83. The van der Waals surface area contributed by atoms with Crippen molar-refractivity contribution in [3.05, 3.63) is 53.5 Å². The minimum absolute atomic E-state index is 0.191.